The van der Waals surface area contributed by atoms with Crippen LogP contribution in [-0.2, 0) is 4.74 Å². The summed E-state index contributed by atoms with van der Waals surface area (Å²) in [5, 5.41) is 3.48. The molecule has 6 heteroatoms. The number of rotatable bonds is 3. The number of esters is 1. The van der Waals surface area contributed by atoms with Gasteiger partial charge in [0, 0.05) is 31.1 Å². The van der Waals surface area contributed by atoms with E-state index in [0.717, 1.165) is 19.6 Å². The Morgan fingerprint density at radius 1 is 1.07 bits per heavy atom. The lowest BCUT2D eigenvalue weighted by Crippen LogP contribution is -2.35. The Hall–Kier alpha value is -2.37. The third kappa shape index (κ3) is 3.52. The van der Waals surface area contributed by atoms with Crippen LogP contribution in [0, 0.1) is 18.8 Å². The van der Waals surface area contributed by atoms with Gasteiger partial charge in [-0.1, -0.05) is 30.3 Å². The molecule has 3 atom stereocenters. The maximum Gasteiger partial charge on any atom is 0.337 e. The lowest BCUT2D eigenvalue weighted by molar-refractivity contribution is 0.0600. The standard InChI is InChI=1S/C22H24N2O3.ClH/c1-14-6-3-4-9-18(14)20-19-12-23-11-17(19)13-24(20)21(25)15-7-5-8-16(10-15)22(26)27-2;/h3-10,17,19-20,23H,11-13H2,1-2H3;1H/t17-,19-,20-;/m0./s1. The zero-order chi connectivity index (χ0) is 19.0. The largest absolute Gasteiger partial charge is 0.465 e. The van der Waals surface area contributed by atoms with Crippen LogP contribution in [0.5, 0.6) is 0 Å². The number of benzene rings is 2. The second-order valence-electron chi connectivity index (χ2n) is 7.41. The molecule has 0 aliphatic carbocycles. The molecule has 4 rings (SSSR count). The number of amides is 1. The van der Waals surface area contributed by atoms with Gasteiger partial charge >= 0.3 is 5.97 Å². The summed E-state index contributed by atoms with van der Waals surface area (Å²) in [4.78, 5) is 27.2. The summed E-state index contributed by atoms with van der Waals surface area (Å²) in [6.07, 6.45) is 0. The van der Waals surface area contributed by atoms with E-state index in [4.69, 9.17) is 4.74 Å². The van der Waals surface area contributed by atoms with E-state index in [-0.39, 0.29) is 24.4 Å². The van der Waals surface area contributed by atoms with Gasteiger partial charge in [-0.25, -0.2) is 4.79 Å². The predicted molar refractivity (Wildman–Crippen MR) is 110 cm³/mol. The predicted octanol–water partition coefficient (Wildman–Crippen LogP) is 3.24. The van der Waals surface area contributed by atoms with Crippen LogP contribution in [-0.4, -0.2) is 43.5 Å². The van der Waals surface area contributed by atoms with Gasteiger partial charge in [-0.15, -0.1) is 12.4 Å². The van der Waals surface area contributed by atoms with Crippen molar-refractivity contribution in [2.45, 2.75) is 13.0 Å². The first-order valence-electron chi connectivity index (χ1n) is 9.35. The van der Waals surface area contributed by atoms with Crippen molar-refractivity contribution in [2.24, 2.45) is 11.8 Å². The summed E-state index contributed by atoms with van der Waals surface area (Å²) in [6, 6.07) is 15.2. The molecule has 2 aromatic carbocycles. The fraction of sp³-hybridized carbons (Fsp3) is 0.364. The zero-order valence-corrected chi connectivity index (χ0v) is 16.9. The van der Waals surface area contributed by atoms with E-state index in [1.54, 1.807) is 24.3 Å². The number of fused-ring (bicyclic) bond motifs is 1. The molecule has 2 aliphatic rings. The Bertz CT molecular complexity index is 886. The smallest absolute Gasteiger partial charge is 0.337 e. The van der Waals surface area contributed by atoms with Gasteiger partial charge in [-0.2, -0.15) is 0 Å². The quantitative estimate of drug-likeness (QED) is 0.803. The molecule has 0 saturated carbocycles. The number of ether oxygens (including phenoxy) is 1. The van der Waals surface area contributed by atoms with Crippen LogP contribution in [0.15, 0.2) is 48.5 Å². The van der Waals surface area contributed by atoms with Crippen molar-refractivity contribution in [1.29, 1.82) is 0 Å². The van der Waals surface area contributed by atoms with Crippen LogP contribution >= 0.6 is 12.4 Å². The Balaban J connectivity index is 0.00000225. The van der Waals surface area contributed by atoms with Gasteiger partial charge in [0.1, 0.15) is 0 Å². The molecular formula is C22H25ClN2O3. The first kappa shape index (κ1) is 20.4. The third-order valence-corrected chi connectivity index (χ3v) is 5.86. The van der Waals surface area contributed by atoms with Gasteiger partial charge in [-0.05, 0) is 42.2 Å². The molecule has 2 fully saturated rings. The molecule has 0 unspecified atom stereocenters. The Kier molecular flexibility index (Phi) is 6.06. The molecule has 2 aromatic rings. The summed E-state index contributed by atoms with van der Waals surface area (Å²) in [5.41, 5.74) is 3.35. The summed E-state index contributed by atoms with van der Waals surface area (Å²) in [7, 11) is 1.35. The minimum absolute atomic E-state index is 0. The van der Waals surface area contributed by atoms with Gasteiger partial charge < -0.3 is 15.0 Å². The van der Waals surface area contributed by atoms with Gasteiger partial charge in [0.15, 0.2) is 0 Å². The highest BCUT2D eigenvalue weighted by Gasteiger charge is 2.47. The highest BCUT2D eigenvalue weighted by molar-refractivity contribution is 5.98. The Labute approximate surface area is 171 Å². The van der Waals surface area contributed by atoms with E-state index in [1.165, 1.54) is 18.2 Å². The summed E-state index contributed by atoms with van der Waals surface area (Å²) < 4.78 is 4.79. The number of methoxy groups -OCH3 is 1. The van der Waals surface area contributed by atoms with Crippen LogP contribution in [0.25, 0.3) is 0 Å². The molecule has 5 nitrogen and oxygen atoms in total. The van der Waals surface area contributed by atoms with E-state index in [0.29, 0.717) is 23.0 Å². The Morgan fingerprint density at radius 3 is 2.57 bits per heavy atom. The fourth-order valence-corrected chi connectivity index (χ4v) is 4.51. The third-order valence-electron chi connectivity index (χ3n) is 5.86. The summed E-state index contributed by atoms with van der Waals surface area (Å²) >= 11 is 0. The van der Waals surface area contributed by atoms with E-state index in [9.17, 15) is 9.59 Å². The average Bonchev–Trinajstić information content (AvgIpc) is 3.28. The minimum Gasteiger partial charge on any atom is -0.465 e. The van der Waals surface area contributed by atoms with Crippen molar-refractivity contribution in [3.63, 3.8) is 0 Å². The molecule has 0 bridgehead atoms. The lowest BCUT2D eigenvalue weighted by atomic mass is 9.87. The number of halogens is 1. The number of hydrogen-bond donors (Lipinski definition) is 1. The van der Waals surface area contributed by atoms with Crippen LogP contribution in [0.1, 0.15) is 37.9 Å². The van der Waals surface area contributed by atoms with Crippen LogP contribution in [0.4, 0.5) is 0 Å². The molecule has 0 aromatic heterocycles. The molecule has 2 saturated heterocycles. The molecule has 148 valence electrons. The SMILES string of the molecule is COC(=O)c1cccc(C(=O)N2C[C@@H]3CNC[C@@H]3[C@@H]2c2ccccc2C)c1.Cl. The lowest BCUT2D eigenvalue weighted by Gasteiger charge is -2.29. The average molecular weight is 401 g/mol. The number of likely N-dealkylation sites (tertiary alicyclic amines) is 1. The highest BCUT2D eigenvalue weighted by atomic mass is 35.5. The van der Waals surface area contributed by atoms with E-state index < -0.39 is 5.97 Å². The Morgan fingerprint density at radius 2 is 1.82 bits per heavy atom. The number of nitrogens with one attached hydrogen (secondary N) is 1. The van der Waals surface area contributed by atoms with Crippen molar-refractivity contribution < 1.29 is 14.3 Å². The van der Waals surface area contributed by atoms with E-state index in [1.807, 2.05) is 17.0 Å². The molecular weight excluding hydrogens is 376 g/mol. The monoisotopic (exact) mass is 400 g/mol. The zero-order valence-electron chi connectivity index (χ0n) is 16.1. The molecule has 2 heterocycles. The van der Waals surface area contributed by atoms with Crippen LogP contribution in [0.2, 0.25) is 0 Å². The molecule has 2 aliphatic heterocycles. The number of aryl methyl sites for hydroxylation is 1. The molecule has 28 heavy (non-hydrogen) atoms. The number of carbonyl (C=O) groups is 2. The fourth-order valence-electron chi connectivity index (χ4n) is 4.51. The summed E-state index contributed by atoms with van der Waals surface area (Å²) in [5.74, 6) is 0.423. The van der Waals surface area contributed by atoms with Crippen molar-refractivity contribution in [3.8, 4) is 0 Å². The maximum atomic E-state index is 13.4. The van der Waals surface area contributed by atoms with Gasteiger partial charge in [0.2, 0.25) is 0 Å². The molecule has 0 spiro atoms. The second kappa shape index (κ2) is 8.33. The molecule has 1 amide bonds. The molecule has 1 N–H and O–H groups in total. The van der Waals surface area contributed by atoms with E-state index >= 15 is 0 Å². The van der Waals surface area contributed by atoms with Gasteiger partial charge in [-0.3, -0.25) is 4.79 Å². The maximum absolute atomic E-state index is 13.4. The topological polar surface area (TPSA) is 58.6 Å². The highest BCUT2D eigenvalue weighted by Crippen LogP contribution is 2.44. The number of carbonyl (C=O) groups excluding carboxylic acids is 2. The summed E-state index contributed by atoms with van der Waals surface area (Å²) in [6.45, 7) is 4.71. The normalized spacial score (nSPS) is 23.1. The molecule has 0 radical (unpaired) electrons. The van der Waals surface area contributed by atoms with Gasteiger partial charge in [0.25, 0.3) is 5.91 Å². The van der Waals surface area contributed by atoms with E-state index in [2.05, 4.69) is 24.4 Å². The van der Waals surface area contributed by atoms with Crippen LogP contribution < -0.4 is 5.32 Å². The number of hydrogen-bond acceptors (Lipinski definition) is 4. The first-order valence-corrected chi connectivity index (χ1v) is 9.35. The van der Waals surface area contributed by atoms with Gasteiger partial charge in [0.05, 0.1) is 18.7 Å². The van der Waals surface area contributed by atoms with Crippen molar-refractivity contribution in [2.75, 3.05) is 26.7 Å². The van der Waals surface area contributed by atoms with Crippen LogP contribution in [0.3, 0.4) is 0 Å². The van der Waals surface area contributed by atoms with Crippen molar-refractivity contribution in [1.82, 2.24) is 10.2 Å². The van der Waals surface area contributed by atoms with Crippen molar-refractivity contribution in [3.05, 3.63) is 70.8 Å². The van der Waals surface area contributed by atoms with Crippen molar-refractivity contribution >= 4 is 24.3 Å². The minimum atomic E-state index is -0.428. The second-order valence-corrected chi connectivity index (χ2v) is 7.41. The number of nitrogens with zero attached hydrogens (tertiary/aromatic N) is 1. The first-order chi connectivity index (χ1) is 13.1.